The summed E-state index contributed by atoms with van der Waals surface area (Å²) in [7, 11) is 0. The average molecular weight is 345 g/mol. The van der Waals surface area contributed by atoms with Crippen molar-refractivity contribution in [3.63, 3.8) is 0 Å². The van der Waals surface area contributed by atoms with E-state index in [1.807, 2.05) is 0 Å². The van der Waals surface area contributed by atoms with Crippen LogP contribution in [0.1, 0.15) is 12.5 Å². The van der Waals surface area contributed by atoms with Crippen molar-refractivity contribution in [2.24, 2.45) is 0 Å². The molecule has 0 heterocycles. The molecule has 0 aliphatic rings. The summed E-state index contributed by atoms with van der Waals surface area (Å²) in [5.74, 6) is -0.135. The molecule has 9 nitrogen and oxygen atoms in total. The highest BCUT2D eigenvalue weighted by atomic mass is 16.6. The Morgan fingerprint density at radius 3 is 2.12 bits per heavy atom. The van der Waals surface area contributed by atoms with E-state index >= 15 is 0 Å². The highest BCUT2D eigenvalue weighted by Gasteiger charge is 2.17. The molecule has 2 aromatic carbocycles. The summed E-state index contributed by atoms with van der Waals surface area (Å²) in [5.41, 5.74) is 0.844. The molecular weight excluding hydrogens is 330 g/mol. The number of carbonyl (C=O) groups is 1. The number of ether oxygens (including phenoxy) is 1. The third-order valence-electron chi connectivity index (χ3n) is 3.41. The van der Waals surface area contributed by atoms with Gasteiger partial charge in [-0.3, -0.25) is 25.0 Å². The average Bonchev–Trinajstić information content (AvgIpc) is 2.56. The van der Waals surface area contributed by atoms with E-state index in [0.29, 0.717) is 17.0 Å². The van der Waals surface area contributed by atoms with Gasteiger partial charge in [-0.1, -0.05) is 0 Å². The topological polar surface area (TPSA) is 125 Å². The number of carbonyl (C=O) groups excluding carboxylic acids is 1. The van der Waals surface area contributed by atoms with E-state index in [0.717, 1.165) is 0 Å². The number of aryl methyl sites for hydroxylation is 1. The lowest BCUT2D eigenvalue weighted by Gasteiger charge is -2.15. The third-order valence-corrected chi connectivity index (χ3v) is 3.41. The molecule has 1 amide bonds. The fourth-order valence-corrected chi connectivity index (χ4v) is 2.04. The maximum Gasteiger partial charge on any atom is 0.269 e. The quantitative estimate of drug-likeness (QED) is 0.633. The first-order valence-corrected chi connectivity index (χ1v) is 7.25. The smallest absolute Gasteiger partial charge is 0.269 e. The van der Waals surface area contributed by atoms with Crippen molar-refractivity contribution in [3.05, 3.63) is 68.3 Å². The molecule has 130 valence electrons. The SMILES string of the molecule is Cc1cc([N+](=O)[O-])ccc1NC(=O)C(C)Oc1ccc([N+](=O)[O-])cc1. The zero-order valence-corrected chi connectivity index (χ0v) is 13.5. The number of anilines is 1. The Morgan fingerprint density at radius 2 is 1.60 bits per heavy atom. The maximum atomic E-state index is 12.2. The largest absolute Gasteiger partial charge is 0.481 e. The minimum absolute atomic E-state index is 0.0642. The summed E-state index contributed by atoms with van der Waals surface area (Å²) in [4.78, 5) is 32.5. The van der Waals surface area contributed by atoms with Crippen molar-refractivity contribution >= 4 is 23.0 Å². The lowest BCUT2D eigenvalue weighted by molar-refractivity contribution is -0.385. The van der Waals surface area contributed by atoms with Gasteiger partial charge in [0.15, 0.2) is 6.10 Å². The Morgan fingerprint density at radius 1 is 1.04 bits per heavy atom. The van der Waals surface area contributed by atoms with E-state index in [-0.39, 0.29) is 11.4 Å². The van der Waals surface area contributed by atoms with Crippen LogP contribution in [-0.4, -0.2) is 21.9 Å². The molecular formula is C16H15N3O6. The molecule has 0 saturated carbocycles. The van der Waals surface area contributed by atoms with E-state index in [9.17, 15) is 25.0 Å². The summed E-state index contributed by atoms with van der Waals surface area (Å²) in [6.45, 7) is 3.17. The number of nitrogens with one attached hydrogen (secondary N) is 1. The summed E-state index contributed by atoms with van der Waals surface area (Å²) >= 11 is 0. The number of hydrogen-bond acceptors (Lipinski definition) is 6. The van der Waals surface area contributed by atoms with Crippen LogP contribution in [0, 0.1) is 27.2 Å². The van der Waals surface area contributed by atoms with Gasteiger partial charge in [0.05, 0.1) is 9.85 Å². The molecule has 0 fully saturated rings. The molecule has 25 heavy (non-hydrogen) atoms. The van der Waals surface area contributed by atoms with Crippen molar-refractivity contribution in [1.82, 2.24) is 0 Å². The summed E-state index contributed by atoms with van der Waals surface area (Å²) < 4.78 is 5.44. The van der Waals surface area contributed by atoms with Crippen molar-refractivity contribution in [2.75, 3.05) is 5.32 Å². The molecule has 0 bridgehead atoms. The molecule has 2 rings (SSSR count). The van der Waals surface area contributed by atoms with Crippen LogP contribution in [0.25, 0.3) is 0 Å². The standard InChI is InChI=1S/C16H15N3O6/c1-10-9-13(19(23)24)5-8-15(10)17-16(20)11(2)25-14-6-3-12(4-7-14)18(21)22/h3-9,11H,1-2H3,(H,17,20). The predicted molar refractivity (Wildman–Crippen MR) is 89.6 cm³/mol. The Kier molecular flexibility index (Phi) is 5.28. The second-order valence-corrected chi connectivity index (χ2v) is 5.26. The van der Waals surface area contributed by atoms with Crippen LogP contribution in [0.15, 0.2) is 42.5 Å². The van der Waals surface area contributed by atoms with Crippen molar-refractivity contribution in [2.45, 2.75) is 20.0 Å². The van der Waals surface area contributed by atoms with Gasteiger partial charge in [-0.25, -0.2) is 0 Å². The summed E-state index contributed by atoms with van der Waals surface area (Å²) in [5, 5.41) is 24.0. The van der Waals surface area contributed by atoms with Crippen LogP contribution in [0.4, 0.5) is 17.1 Å². The summed E-state index contributed by atoms with van der Waals surface area (Å²) in [6, 6.07) is 9.46. The number of nitrogens with zero attached hydrogens (tertiary/aromatic N) is 2. The minimum atomic E-state index is -0.865. The van der Waals surface area contributed by atoms with Crippen LogP contribution in [0.5, 0.6) is 5.75 Å². The Labute approximate surface area is 142 Å². The Balaban J connectivity index is 2.02. The van der Waals surface area contributed by atoms with Gasteiger partial charge >= 0.3 is 0 Å². The van der Waals surface area contributed by atoms with Gasteiger partial charge in [0.2, 0.25) is 0 Å². The van der Waals surface area contributed by atoms with Gasteiger partial charge in [-0.15, -0.1) is 0 Å². The van der Waals surface area contributed by atoms with Crippen molar-refractivity contribution < 1.29 is 19.4 Å². The Bertz CT molecular complexity index is 819. The first kappa shape index (κ1) is 17.9. The van der Waals surface area contributed by atoms with Crippen molar-refractivity contribution in [1.29, 1.82) is 0 Å². The number of rotatable bonds is 6. The van der Waals surface area contributed by atoms with Crippen LogP contribution < -0.4 is 10.1 Å². The van der Waals surface area contributed by atoms with Crippen LogP contribution in [-0.2, 0) is 4.79 Å². The van der Waals surface area contributed by atoms with Gasteiger partial charge in [0.1, 0.15) is 5.75 Å². The van der Waals surface area contributed by atoms with Crippen LogP contribution >= 0.6 is 0 Å². The Hall–Kier alpha value is -3.49. The monoisotopic (exact) mass is 345 g/mol. The third kappa shape index (κ3) is 4.50. The zero-order valence-electron chi connectivity index (χ0n) is 13.5. The van der Waals surface area contributed by atoms with Gasteiger partial charge in [-0.05, 0) is 37.6 Å². The van der Waals surface area contributed by atoms with Crippen molar-refractivity contribution in [3.8, 4) is 5.75 Å². The number of hydrogen-bond donors (Lipinski definition) is 1. The number of nitro groups is 2. The molecule has 1 unspecified atom stereocenters. The lowest BCUT2D eigenvalue weighted by Crippen LogP contribution is -2.30. The normalized spacial score (nSPS) is 11.4. The molecule has 0 aliphatic heterocycles. The predicted octanol–water partition coefficient (Wildman–Crippen LogP) is 3.22. The summed E-state index contributed by atoms with van der Waals surface area (Å²) in [6.07, 6.45) is -0.865. The van der Waals surface area contributed by atoms with E-state index in [2.05, 4.69) is 5.32 Å². The molecule has 2 aromatic rings. The van der Waals surface area contributed by atoms with E-state index in [1.165, 1.54) is 49.4 Å². The van der Waals surface area contributed by atoms with E-state index in [4.69, 9.17) is 4.74 Å². The molecule has 9 heteroatoms. The van der Waals surface area contributed by atoms with Crippen LogP contribution in [0.2, 0.25) is 0 Å². The fourth-order valence-electron chi connectivity index (χ4n) is 2.04. The van der Waals surface area contributed by atoms with Gasteiger partial charge < -0.3 is 10.1 Å². The molecule has 1 N–H and O–H groups in total. The minimum Gasteiger partial charge on any atom is -0.481 e. The molecule has 1 atom stereocenters. The number of nitro benzene ring substituents is 2. The van der Waals surface area contributed by atoms with E-state index in [1.54, 1.807) is 6.92 Å². The molecule has 0 aliphatic carbocycles. The van der Waals surface area contributed by atoms with E-state index < -0.39 is 21.9 Å². The molecule has 0 spiro atoms. The fraction of sp³-hybridized carbons (Fsp3) is 0.188. The second-order valence-electron chi connectivity index (χ2n) is 5.26. The van der Waals surface area contributed by atoms with Gasteiger partial charge in [0.25, 0.3) is 17.3 Å². The highest BCUT2D eigenvalue weighted by molar-refractivity contribution is 5.94. The maximum absolute atomic E-state index is 12.2. The zero-order chi connectivity index (χ0) is 18.6. The molecule has 0 radical (unpaired) electrons. The number of amides is 1. The first-order chi connectivity index (χ1) is 11.8. The number of benzene rings is 2. The van der Waals surface area contributed by atoms with Gasteiger partial charge in [0, 0.05) is 30.0 Å². The second kappa shape index (κ2) is 7.39. The molecule has 0 saturated heterocycles. The first-order valence-electron chi connectivity index (χ1n) is 7.25. The van der Waals surface area contributed by atoms with Crippen LogP contribution in [0.3, 0.4) is 0 Å². The highest BCUT2D eigenvalue weighted by Crippen LogP contribution is 2.22. The molecule has 0 aromatic heterocycles. The lowest BCUT2D eigenvalue weighted by atomic mass is 10.1. The van der Waals surface area contributed by atoms with Gasteiger partial charge in [-0.2, -0.15) is 0 Å². The number of non-ortho nitro benzene ring substituents is 2.